The lowest BCUT2D eigenvalue weighted by atomic mass is 10.3. The summed E-state index contributed by atoms with van der Waals surface area (Å²) in [5.41, 5.74) is 0.587. The average molecular weight is 669 g/mol. The van der Waals surface area contributed by atoms with Gasteiger partial charge in [0.05, 0.1) is 37.8 Å². The van der Waals surface area contributed by atoms with Gasteiger partial charge in [-0.25, -0.2) is 16.8 Å². The lowest BCUT2D eigenvalue weighted by molar-refractivity contribution is -0.114. The van der Waals surface area contributed by atoms with Gasteiger partial charge in [0.2, 0.25) is 5.91 Å². The Labute approximate surface area is 259 Å². The first kappa shape index (κ1) is 31.5. The number of anilines is 3. The van der Waals surface area contributed by atoms with Crippen LogP contribution >= 0.6 is 34.8 Å². The molecule has 0 atom stereocenters. The van der Waals surface area contributed by atoms with Crippen molar-refractivity contribution >= 4 is 77.8 Å². The van der Waals surface area contributed by atoms with Gasteiger partial charge in [0, 0.05) is 10.7 Å². The standard InChI is InChI=1S/C28H24Cl3N3O6S2/c1-2-40-22-12-10-21(11-13-22)34(42(38,39)24-14-6-19(29)7-15-24)18-27(35)32-20-8-16-23(17-9-20)41(36,37)33-26-5-3-4-25(30)28(26)31/h3-17,33H,2,18H2,1H3,(H,32,35). The molecule has 0 spiro atoms. The lowest BCUT2D eigenvalue weighted by Gasteiger charge is -2.24. The van der Waals surface area contributed by atoms with Crippen LogP contribution in [0.25, 0.3) is 0 Å². The molecule has 2 N–H and O–H groups in total. The smallest absolute Gasteiger partial charge is 0.264 e. The van der Waals surface area contributed by atoms with Crippen LogP contribution in [-0.4, -0.2) is 35.9 Å². The van der Waals surface area contributed by atoms with Crippen LogP contribution in [0, 0.1) is 0 Å². The summed E-state index contributed by atoms with van der Waals surface area (Å²) >= 11 is 18.0. The third-order valence-electron chi connectivity index (χ3n) is 5.77. The van der Waals surface area contributed by atoms with Crippen molar-refractivity contribution in [3.8, 4) is 5.75 Å². The van der Waals surface area contributed by atoms with Crippen molar-refractivity contribution in [3.05, 3.63) is 106 Å². The van der Waals surface area contributed by atoms with Gasteiger partial charge in [0.1, 0.15) is 12.3 Å². The predicted octanol–water partition coefficient (Wildman–Crippen LogP) is 6.68. The molecule has 4 aromatic carbocycles. The molecule has 0 aliphatic heterocycles. The number of hydrogen-bond donors (Lipinski definition) is 2. The number of hydrogen-bond acceptors (Lipinski definition) is 6. The highest BCUT2D eigenvalue weighted by Crippen LogP contribution is 2.31. The summed E-state index contributed by atoms with van der Waals surface area (Å²) < 4.78 is 61.6. The summed E-state index contributed by atoms with van der Waals surface area (Å²) in [6.45, 7) is 1.68. The van der Waals surface area contributed by atoms with E-state index in [1.54, 1.807) is 18.2 Å². The molecule has 1 amide bonds. The number of carbonyl (C=O) groups excluding carboxylic acids is 1. The Morgan fingerprint density at radius 1 is 0.810 bits per heavy atom. The monoisotopic (exact) mass is 667 g/mol. The summed E-state index contributed by atoms with van der Waals surface area (Å²) in [4.78, 5) is 12.9. The van der Waals surface area contributed by atoms with Crippen LogP contribution in [0.1, 0.15) is 6.92 Å². The average Bonchev–Trinajstić information content (AvgIpc) is 2.95. The fourth-order valence-corrected chi connectivity index (χ4v) is 6.78. The molecule has 0 radical (unpaired) electrons. The third kappa shape index (κ3) is 7.47. The van der Waals surface area contributed by atoms with Crippen LogP contribution in [0.5, 0.6) is 5.75 Å². The first-order valence-electron chi connectivity index (χ1n) is 12.3. The summed E-state index contributed by atoms with van der Waals surface area (Å²) in [5.74, 6) is -0.127. The molecule has 0 aliphatic rings. The highest BCUT2D eigenvalue weighted by Gasteiger charge is 2.27. The van der Waals surface area contributed by atoms with Gasteiger partial charge >= 0.3 is 0 Å². The number of benzene rings is 4. The molecule has 0 fully saturated rings. The molecule has 4 rings (SSSR count). The van der Waals surface area contributed by atoms with E-state index in [9.17, 15) is 21.6 Å². The molecule has 220 valence electrons. The molecular weight excluding hydrogens is 645 g/mol. The molecule has 0 bridgehead atoms. The van der Waals surface area contributed by atoms with E-state index in [0.717, 1.165) is 4.31 Å². The van der Waals surface area contributed by atoms with E-state index >= 15 is 0 Å². The zero-order valence-corrected chi connectivity index (χ0v) is 25.8. The van der Waals surface area contributed by atoms with Gasteiger partial charge in [-0.05, 0) is 91.9 Å². The molecule has 0 aliphatic carbocycles. The van der Waals surface area contributed by atoms with Gasteiger partial charge in [-0.1, -0.05) is 40.9 Å². The number of sulfonamides is 2. The molecule has 42 heavy (non-hydrogen) atoms. The van der Waals surface area contributed by atoms with Crippen LogP contribution in [0.2, 0.25) is 15.1 Å². The van der Waals surface area contributed by atoms with Gasteiger partial charge in [-0.15, -0.1) is 0 Å². The Balaban J connectivity index is 1.54. The van der Waals surface area contributed by atoms with Crippen LogP contribution in [0.4, 0.5) is 17.1 Å². The van der Waals surface area contributed by atoms with E-state index in [1.807, 2.05) is 6.92 Å². The van der Waals surface area contributed by atoms with E-state index in [1.165, 1.54) is 72.8 Å². The summed E-state index contributed by atoms with van der Waals surface area (Å²) in [7, 11) is -8.21. The molecule has 0 heterocycles. The van der Waals surface area contributed by atoms with E-state index < -0.39 is 32.5 Å². The maximum Gasteiger partial charge on any atom is 0.264 e. The van der Waals surface area contributed by atoms with Crippen molar-refractivity contribution in [1.82, 2.24) is 0 Å². The Kier molecular flexibility index (Phi) is 9.90. The molecule has 0 saturated carbocycles. The van der Waals surface area contributed by atoms with Crippen molar-refractivity contribution in [2.75, 3.05) is 27.5 Å². The molecule has 0 aromatic heterocycles. The second-order valence-corrected chi connectivity index (χ2v) is 13.4. The first-order chi connectivity index (χ1) is 19.9. The molecule has 9 nitrogen and oxygen atoms in total. The number of halogens is 3. The van der Waals surface area contributed by atoms with Gasteiger partial charge in [-0.3, -0.25) is 13.8 Å². The second kappa shape index (κ2) is 13.2. The van der Waals surface area contributed by atoms with Crippen LogP contribution in [0.3, 0.4) is 0 Å². The summed E-state index contributed by atoms with van der Waals surface area (Å²) in [6.07, 6.45) is 0. The fraction of sp³-hybridized carbons (Fsp3) is 0.107. The summed E-state index contributed by atoms with van der Waals surface area (Å²) in [5, 5.41) is 3.20. The van der Waals surface area contributed by atoms with Crippen molar-refractivity contribution in [1.29, 1.82) is 0 Å². The Bertz CT molecular complexity index is 1780. The van der Waals surface area contributed by atoms with Crippen LogP contribution in [-0.2, 0) is 24.8 Å². The minimum Gasteiger partial charge on any atom is -0.494 e. The van der Waals surface area contributed by atoms with Crippen molar-refractivity contribution in [3.63, 3.8) is 0 Å². The fourth-order valence-electron chi connectivity index (χ4n) is 3.76. The number of rotatable bonds is 11. The van der Waals surface area contributed by atoms with Crippen LogP contribution < -0.4 is 19.1 Å². The number of carbonyl (C=O) groups is 1. The zero-order chi connectivity index (χ0) is 30.5. The molecule has 0 saturated heterocycles. The van der Waals surface area contributed by atoms with Crippen LogP contribution in [0.15, 0.2) is 101 Å². The number of nitrogens with zero attached hydrogens (tertiary/aromatic N) is 1. The first-order valence-corrected chi connectivity index (χ1v) is 16.3. The van der Waals surface area contributed by atoms with Crippen molar-refractivity contribution < 1.29 is 26.4 Å². The minimum atomic E-state index is -4.18. The van der Waals surface area contributed by atoms with Gasteiger partial charge in [0.15, 0.2) is 0 Å². The largest absolute Gasteiger partial charge is 0.494 e. The van der Waals surface area contributed by atoms with Gasteiger partial charge in [0.25, 0.3) is 20.0 Å². The van der Waals surface area contributed by atoms with E-state index in [4.69, 9.17) is 39.5 Å². The number of amides is 1. The van der Waals surface area contributed by atoms with E-state index in [0.29, 0.717) is 17.4 Å². The van der Waals surface area contributed by atoms with Crippen molar-refractivity contribution in [2.45, 2.75) is 16.7 Å². The Morgan fingerprint density at radius 2 is 1.43 bits per heavy atom. The topological polar surface area (TPSA) is 122 Å². The highest BCUT2D eigenvalue weighted by molar-refractivity contribution is 7.93. The normalized spacial score (nSPS) is 11.5. The third-order valence-corrected chi connectivity index (χ3v) is 10.0. The maximum atomic E-state index is 13.6. The van der Waals surface area contributed by atoms with Gasteiger partial charge < -0.3 is 10.1 Å². The molecule has 4 aromatic rings. The van der Waals surface area contributed by atoms with Crippen molar-refractivity contribution in [2.24, 2.45) is 0 Å². The van der Waals surface area contributed by atoms with E-state index in [2.05, 4.69) is 10.0 Å². The van der Waals surface area contributed by atoms with E-state index in [-0.39, 0.29) is 36.9 Å². The number of nitrogens with one attached hydrogen (secondary N) is 2. The zero-order valence-electron chi connectivity index (χ0n) is 21.9. The molecular formula is C28H24Cl3N3O6S2. The lowest BCUT2D eigenvalue weighted by Crippen LogP contribution is -2.38. The van der Waals surface area contributed by atoms with Gasteiger partial charge in [-0.2, -0.15) is 0 Å². The highest BCUT2D eigenvalue weighted by atomic mass is 35.5. The Morgan fingerprint density at radius 3 is 2.05 bits per heavy atom. The quantitative estimate of drug-likeness (QED) is 0.184. The molecule has 14 heteroatoms. The predicted molar refractivity (Wildman–Crippen MR) is 166 cm³/mol. The molecule has 0 unspecified atom stereocenters. The Hall–Kier alpha value is -3.48. The summed E-state index contributed by atoms with van der Waals surface area (Å²) in [6, 6.07) is 21.7. The number of ether oxygens (including phenoxy) is 1. The minimum absolute atomic E-state index is 0.0530. The maximum absolute atomic E-state index is 13.6. The second-order valence-electron chi connectivity index (χ2n) is 8.67. The SMILES string of the molecule is CCOc1ccc(N(CC(=O)Nc2ccc(S(=O)(=O)Nc3cccc(Cl)c3Cl)cc2)S(=O)(=O)c2ccc(Cl)cc2)cc1.